The number of rotatable bonds is 4. The molecule has 1 amide bonds. The van der Waals surface area contributed by atoms with Gasteiger partial charge in [0.2, 0.25) is 5.91 Å². The van der Waals surface area contributed by atoms with Gasteiger partial charge in [-0.3, -0.25) is 9.59 Å². The number of hydrogen-bond acceptors (Lipinski definition) is 4. The van der Waals surface area contributed by atoms with Gasteiger partial charge in [0.25, 0.3) is 0 Å². The maximum absolute atomic E-state index is 13.2. The second kappa shape index (κ2) is 8.37. The number of anilines is 1. The lowest BCUT2D eigenvalue weighted by molar-refractivity contribution is -0.127. The Hall–Kier alpha value is -2.82. The highest BCUT2D eigenvalue weighted by Gasteiger charge is 2.43. The molecule has 2 aliphatic heterocycles. The van der Waals surface area contributed by atoms with Crippen LogP contribution in [0.15, 0.2) is 48.5 Å². The van der Waals surface area contributed by atoms with E-state index in [4.69, 9.17) is 4.74 Å². The summed E-state index contributed by atoms with van der Waals surface area (Å²) in [6, 6.07) is 15.9. The Morgan fingerprint density at radius 1 is 1.03 bits per heavy atom. The maximum Gasteiger partial charge on any atom is 0.223 e. The number of carbonyl (C=O) groups is 2. The minimum Gasteiger partial charge on any atom is -0.487 e. The number of benzene rings is 2. The quantitative estimate of drug-likeness (QED) is 0.733. The van der Waals surface area contributed by atoms with Crippen molar-refractivity contribution in [1.29, 1.82) is 0 Å². The molecule has 0 bridgehead atoms. The van der Waals surface area contributed by atoms with Gasteiger partial charge in [-0.05, 0) is 68.9 Å². The third kappa shape index (κ3) is 4.06. The van der Waals surface area contributed by atoms with Gasteiger partial charge in [0.15, 0.2) is 0 Å². The molecule has 5 nitrogen and oxygen atoms in total. The molecule has 1 saturated carbocycles. The van der Waals surface area contributed by atoms with Crippen LogP contribution in [-0.2, 0) is 4.79 Å². The summed E-state index contributed by atoms with van der Waals surface area (Å²) in [6.07, 6.45) is 7.99. The summed E-state index contributed by atoms with van der Waals surface area (Å²) in [4.78, 5) is 26.4. The normalized spacial score (nSPS) is 22.6. The number of ether oxygens (including phenoxy) is 1. The molecule has 2 aromatic rings. The predicted octanol–water partition coefficient (Wildman–Crippen LogP) is 4.67. The second-order valence-electron chi connectivity index (χ2n) is 9.27. The van der Waals surface area contributed by atoms with Gasteiger partial charge in [0, 0.05) is 42.2 Å². The maximum atomic E-state index is 13.2. The zero-order chi connectivity index (χ0) is 21.3. The highest BCUT2D eigenvalue weighted by molar-refractivity contribution is 5.80. The van der Waals surface area contributed by atoms with Gasteiger partial charge < -0.3 is 15.0 Å². The first-order valence-corrected chi connectivity index (χ1v) is 11.5. The SMILES string of the molecule is O=Cc1ccc(N2CCC(C(=O)N[C@H]3CC4(CCCC4)Oc4ccccc43)CC2)cc1. The fourth-order valence-corrected chi connectivity index (χ4v) is 5.53. The summed E-state index contributed by atoms with van der Waals surface area (Å²) in [5.74, 6) is 1.15. The van der Waals surface area contributed by atoms with Gasteiger partial charge in [0.05, 0.1) is 6.04 Å². The van der Waals surface area contributed by atoms with Crippen LogP contribution < -0.4 is 15.0 Å². The third-order valence-corrected chi connectivity index (χ3v) is 7.29. The van der Waals surface area contributed by atoms with Crippen molar-refractivity contribution in [3.63, 3.8) is 0 Å². The number of amides is 1. The van der Waals surface area contributed by atoms with E-state index in [-0.39, 0.29) is 23.5 Å². The average molecular weight is 419 g/mol. The standard InChI is InChI=1S/C26H30N2O3/c29-18-19-7-9-21(10-8-19)28-15-11-20(12-16-28)25(30)27-23-17-26(13-3-4-14-26)31-24-6-2-1-5-22(23)24/h1-2,5-10,18,20,23H,3-4,11-17H2,(H,27,30)/t23-/m0/s1. The molecule has 2 heterocycles. The van der Waals surface area contributed by atoms with Crippen LogP contribution in [0.1, 0.15) is 66.9 Å². The number of para-hydroxylation sites is 1. The third-order valence-electron chi connectivity index (χ3n) is 7.29. The van der Waals surface area contributed by atoms with Crippen LogP contribution in [0, 0.1) is 5.92 Å². The zero-order valence-corrected chi connectivity index (χ0v) is 17.9. The van der Waals surface area contributed by atoms with Crippen molar-refractivity contribution in [3.8, 4) is 5.75 Å². The van der Waals surface area contributed by atoms with E-state index in [0.717, 1.165) is 68.5 Å². The molecule has 1 spiro atoms. The monoisotopic (exact) mass is 418 g/mol. The van der Waals surface area contributed by atoms with Gasteiger partial charge in [0.1, 0.15) is 17.6 Å². The highest BCUT2D eigenvalue weighted by Crippen LogP contribution is 2.47. The first-order chi connectivity index (χ1) is 15.2. The zero-order valence-electron chi connectivity index (χ0n) is 17.9. The van der Waals surface area contributed by atoms with Crippen LogP contribution in [0.3, 0.4) is 0 Å². The van der Waals surface area contributed by atoms with Crippen molar-refractivity contribution in [2.24, 2.45) is 5.92 Å². The molecular weight excluding hydrogens is 388 g/mol. The summed E-state index contributed by atoms with van der Waals surface area (Å²) >= 11 is 0. The number of nitrogens with one attached hydrogen (secondary N) is 1. The van der Waals surface area contributed by atoms with Crippen LogP contribution in [-0.4, -0.2) is 30.9 Å². The second-order valence-corrected chi connectivity index (χ2v) is 9.27. The largest absolute Gasteiger partial charge is 0.487 e. The summed E-state index contributed by atoms with van der Waals surface area (Å²) in [5, 5.41) is 3.39. The van der Waals surface area contributed by atoms with Crippen LogP contribution >= 0.6 is 0 Å². The molecule has 2 aromatic carbocycles. The van der Waals surface area contributed by atoms with Crippen molar-refractivity contribution < 1.29 is 14.3 Å². The molecule has 162 valence electrons. The Bertz CT molecular complexity index is 941. The van der Waals surface area contributed by atoms with Crippen LogP contribution in [0.25, 0.3) is 0 Å². The summed E-state index contributed by atoms with van der Waals surface area (Å²) in [5.41, 5.74) is 2.81. The fourth-order valence-electron chi connectivity index (χ4n) is 5.53. The number of carbonyl (C=O) groups excluding carboxylic acids is 2. The first-order valence-electron chi connectivity index (χ1n) is 11.5. The Morgan fingerprint density at radius 3 is 2.45 bits per heavy atom. The lowest BCUT2D eigenvalue weighted by Gasteiger charge is -2.41. The Balaban J connectivity index is 1.23. The van der Waals surface area contributed by atoms with Crippen LogP contribution in [0.5, 0.6) is 5.75 Å². The van der Waals surface area contributed by atoms with Gasteiger partial charge >= 0.3 is 0 Å². The van der Waals surface area contributed by atoms with Gasteiger partial charge in [-0.2, -0.15) is 0 Å². The minimum absolute atomic E-state index is 0.0319. The lowest BCUT2D eigenvalue weighted by atomic mass is 9.85. The highest BCUT2D eigenvalue weighted by atomic mass is 16.5. The summed E-state index contributed by atoms with van der Waals surface area (Å²) in [7, 11) is 0. The van der Waals surface area contributed by atoms with Gasteiger partial charge in [-0.15, -0.1) is 0 Å². The molecule has 31 heavy (non-hydrogen) atoms. The van der Waals surface area contributed by atoms with Gasteiger partial charge in [-0.1, -0.05) is 18.2 Å². The van der Waals surface area contributed by atoms with Crippen LogP contribution in [0.2, 0.25) is 0 Å². The van der Waals surface area contributed by atoms with Crippen molar-refractivity contribution in [2.45, 2.75) is 56.6 Å². The molecule has 0 radical (unpaired) electrons. The molecule has 5 heteroatoms. The molecule has 0 unspecified atom stereocenters. The molecule has 1 N–H and O–H groups in total. The van der Waals surface area contributed by atoms with E-state index in [0.29, 0.717) is 5.56 Å². The number of nitrogens with zero attached hydrogens (tertiary/aromatic N) is 1. The van der Waals surface area contributed by atoms with Crippen LogP contribution in [0.4, 0.5) is 5.69 Å². The molecule has 0 aromatic heterocycles. The minimum atomic E-state index is -0.108. The van der Waals surface area contributed by atoms with Crippen molar-refractivity contribution >= 4 is 17.9 Å². The average Bonchev–Trinajstić information content (AvgIpc) is 3.26. The Labute approximate surface area is 183 Å². The van der Waals surface area contributed by atoms with E-state index in [1.54, 1.807) is 0 Å². The van der Waals surface area contributed by atoms with Gasteiger partial charge in [-0.25, -0.2) is 0 Å². The molecule has 1 atom stereocenters. The Kier molecular flexibility index (Phi) is 5.43. The van der Waals surface area contributed by atoms with E-state index in [1.807, 2.05) is 42.5 Å². The van der Waals surface area contributed by atoms with E-state index in [1.165, 1.54) is 12.8 Å². The van der Waals surface area contributed by atoms with E-state index >= 15 is 0 Å². The smallest absolute Gasteiger partial charge is 0.223 e. The van der Waals surface area contributed by atoms with Crippen molar-refractivity contribution in [1.82, 2.24) is 5.32 Å². The predicted molar refractivity (Wildman–Crippen MR) is 121 cm³/mol. The van der Waals surface area contributed by atoms with Crippen molar-refractivity contribution in [3.05, 3.63) is 59.7 Å². The topological polar surface area (TPSA) is 58.6 Å². The number of fused-ring (bicyclic) bond motifs is 1. The molecular formula is C26H30N2O3. The van der Waals surface area contributed by atoms with E-state index < -0.39 is 0 Å². The van der Waals surface area contributed by atoms with E-state index in [2.05, 4.69) is 16.3 Å². The first kappa shape index (κ1) is 20.1. The molecule has 2 fully saturated rings. The molecule has 5 rings (SSSR count). The molecule has 1 saturated heterocycles. The number of aldehydes is 1. The Morgan fingerprint density at radius 2 is 1.74 bits per heavy atom. The summed E-state index contributed by atoms with van der Waals surface area (Å²) < 4.78 is 6.44. The number of piperidine rings is 1. The van der Waals surface area contributed by atoms with E-state index in [9.17, 15) is 9.59 Å². The lowest BCUT2D eigenvalue weighted by Crippen LogP contribution is -2.46. The molecule has 1 aliphatic carbocycles. The number of hydrogen-bond donors (Lipinski definition) is 1. The summed E-state index contributed by atoms with van der Waals surface area (Å²) in [6.45, 7) is 1.71. The molecule has 3 aliphatic rings. The van der Waals surface area contributed by atoms with Crippen molar-refractivity contribution in [2.75, 3.05) is 18.0 Å². The fraction of sp³-hybridized carbons (Fsp3) is 0.462.